The highest BCUT2D eigenvalue weighted by molar-refractivity contribution is 7.99. The molecule has 1 aliphatic heterocycles. The molecule has 0 spiro atoms. The Bertz CT molecular complexity index is 215. The molecule has 3 nitrogen and oxygen atoms in total. The van der Waals surface area contributed by atoms with E-state index in [1.807, 2.05) is 4.90 Å². The summed E-state index contributed by atoms with van der Waals surface area (Å²) in [5.41, 5.74) is 5.54. The van der Waals surface area contributed by atoms with Crippen LogP contribution in [0.1, 0.15) is 26.7 Å². The predicted octanol–water partition coefficient (Wildman–Crippen LogP) is 1.57. The molecule has 0 bridgehead atoms. The summed E-state index contributed by atoms with van der Waals surface area (Å²) >= 11 is 1.72. The quantitative estimate of drug-likeness (QED) is 0.798. The Labute approximate surface area is 103 Å². The predicted molar refractivity (Wildman–Crippen MR) is 70.5 cm³/mol. The number of hydrogen-bond donors (Lipinski definition) is 1. The molecule has 0 saturated carbocycles. The van der Waals surface area contributed by atoms with E-state index in [0.29, 0.717) is 24.1 Å². The van der Waals surface area contributed by atoms with Crippen LogP contribution in [0, 0.1) is 11.8 Å². The van der Waals surface area contributed by atoms with Crippen LogP contribution < -0.4 is 5.73 Å². The molecular weight excluding hydrogens is 220 g/mol. The summed E-state index contributed by atoms with van der Waals surface area (Å²) in [4.78, 5) is 13.9. The first-order valence-corrected chi connectivity index (χ1v) is 7.34. The van der Waals surface area contributed by atoms with E-state index in [2.05, 4.69) is 13.8 Å². The summed E-state index contributed by atoms with van der Waals surface area (Å²) in [6.07, 6.45) is 2.32. The number of likely N-dealkylation sites (tertiary alicyclic amines) is 1. The van der Waals surface area contributed by atoms with Crippen LogP contribution in [0.2, 0.25) is 0 Å². The minimum atomic E-state index is 0.307. The molecule has 2 N–H and O–H groups in total. The zero-order valence-electron chi connectivity index (χ0n) is 10.4. The van der Waals surface area contributed by atoms with Gasteiger partial charge in [-0.15, -0.1) is 0 Å². The Kier molecular flexibility index (Phi) is 6.21. The number of carbonyl (C=O) groups is 1. The molecule has 1 aliphatic rings. The molecule has 1 heterocycles. The maximum absolute atomic E-state index is 11.8. The summed E-state index contributed by atoms with van der Waals surface area (Å²) in [6, 6.07) is 0. The lowest BCUT2D eigenvalue weighted by molar-refractivity contribution is -0.129. The normalized spacial score (nSPS) is 19.8. The van der Waals surface area contributed by atoms with Gasteiger partial charge in [-0.3, -0.25) is 4.79 Å². The molecule has 16 heavy (non-hydrogen) atoms. The van der Waals surface area contributed by atoms with Gasteiger partial charge < -0.3 is 10.6 Å². The average molecular weight is 244 g/mol. The van der Waals surface area contributed by atoms with Gasteiger partial charge in [0, 0.05) is 13.1 Å². The zero-order valence-corrected chi connectivity index (χ0v) is 11.3. The number of nitrogens with zero attached hydrogens (tertiary/aromatic N) is 1. The van der Waals surface area contributed by atoms with E-state index < -0.39 is 0 Å². The number of amides is 1. The second-order valence-electron chi connectivity index (χ2n) is 4.92. The van der Waals surface area contributed by atoms with Gasteiger partial charge in [0.05, 0.1) is 5.75 Å². The van der Waals surface area contributed by atoms with Crippen LogP contribution in [0.4, 0.5) is 0 Å². The lowest BCUT2D eigenvalue weighted by atomic mass is 9.99. The van der Waals surface area contributed by atoms with Gasteiger partial charge >= 0.3 is 0 Å². The molecule has 4 heteroatoms. The molecule has 1 fully saturated rings. The van der Waals surface area contributed by atoms with Crippen LogP contribution in [-0.4, -0.2) is 41.9 Å². The van der Waals surface area contributed by atoms with E-state index in [9.17, 15) is 4.79 Å². The van der Waals surface area contributed by atoms with Gasteiger partial charge in [-0.25, -0.2) is 0 Å². The van der Waals surface area contributed by atoms with Crippen LogP contribution in [0.5, 0.6) is 0 Å². The molecule has 0 aromatic heterocycles. The molecule has 1 unspecified atom stereocenters. The Morgan fingerprint density at radius 2 is 2.12 bits per heavy atom. The first-order valence-electron chi connectivity index (χ1n) is 6.19. The van der Waals surface area contributed by atoms with E-state index in [1.54, 1.807) is 11.8 Å². The van der Waals surface area contributed by atoms with Crippen molar-refractivity contribution in [3.8, 4) is 0 Å². The van der Waals surface area contributed by atoms with E-state index in [4.69, 9.17) is 5.73 Å². The summed E-state index contributed by atoms with van der Waals surface area (Å²) in [5, 5.41) is 0. The number of thioether (sulfide) groups is 1. The van der Waals surface area contributed by atoms with Crippen molar-refractivity contribution < 1.29 is 4.79 Å². The van der Waals surface area contributed by atoms with Crippen LogP contribution in [0.15, 0.2) is 0 Å². The van der Waals surface area contributed by atoms with Crippen molar-refractivity contribution in [3.05, 3.63) is 0 Å². The van der Waals surface area contributed by atoms with Crippen LogP contribution in [-0.2, 0) is 4.79 Å². The summed E-state index contributed by atoms with van der Waals surface area (Å²) in [6.45, 7) is 7.00. The van der Waals surface area contributed by atoms with Crippen molar-refractivity contribution >= 4 is 17.7 Å². The molecule has 0 aromatic carbocycles. The molecule has 0 aromatic rings. The lowest BCUT2D eigenvalue weighted by Gasteiger charge is -2.30. The van der Waals surface area contributed by atoms with E-state index in [0.717, 1.165) is 37.6 Å². The Balaban J connectivity index is 2.15. The van der Waals surface area contributed by atoms with Gasteiger partial charge in [0.2, 0.25) is 5.91 Å². The van der Waals surface area contributed by atoms with Gasteiger partial charge in [-0.1, -0.05) is 13.8 Å². The van der Waals surface area contributed by atoms with Crippen molar-refractivity contribution in [3.63, 3.8) is 0 Å². The van der Waals surface area contributed by atoms with Gasteiger partial charge in [0.1, 0.15) is 0 Å². The molecule has 1 rings (SSSR count). The van der Waals surface area contributed by atoms with Crippen molar-refractivity contribution in [2.75, 3.05) is 31.1 Å². The maximum atomic E-state index is 11.8. The highest BCUT2D eigenvalue weighted by atomic mass is 32.2. The molecule has 1 atom stereocenters. The Morgan fingerprint density at radius 3 is 2.69 bits per heavy atom. The Morgan fingerprint density at radius 1 is 1.50 bits per heavy atom. The van der Waals surface area contributed by atoms with E-state index >= 15 is 0 Å². The maximum Gasteiger partial charge on any atom is 0.232 e. The molecule has 1 amide bonds. The van der Waals surface area contributed by atoms with Crippen molar-refractivity contribution in [2.24, 2.45) is 17.6 Å². The second-order valence-corrected chi connectivity index (χ2v) is 5.95. The molecule has 0 aliphatic carbocycles. The molecule has 94 valence electrons. The number of nitrogens with two attached hydrogens (primary N) is 1. The first kappa shape index (κ1) is 13.8. The third-order valence-corrected chi connectivity index (χ3v) is 4.42. The number of rotatable bonds is 5. The fraction of sp³-hybridized carbons (Fsp3) is 0.917. The van der Waals surface area contributed by atoms with Crippen LogP contribution >= 0.6 is 11.8 Å². The average Bonchev–Trinajstić information content (AvgIpc) is 2.29. The topological polar surface area (TPSA) is 46.3 Å². The van der Waals surface area contributed by atoms with E-state index in [-0.39, 0.29) is 0 Å². The van der Waals surface area contributed by atoms with Gasteiger partial charge in [0.25, 0.3) is 0 Å². The zero-order chi connectivity index (χ0) is 12.0. The van der Waals surface area contributed by atoms with Crippen molar-refractivity contribution in [1.82, 2.24) is 4.90 Å². The minimum Gasteiger partial charge on any atom is -0.342 e. The van der Waals surface area contributed by atoms with E-state index in [1.165, 1.54) is 0 Å². The molecule has 1 saturated heterocycles. The van der Waals surface area contributed by atoms with Gasteiger partial charge in [-0.05, 0) is 37.0 Å². The Hall–Kier alpha value is -0.220. The van der Waals surface area contributed by atoms with Crippen LogP contribution in [0.25, 0.3) is 0 Å². The fourth-order valence-corrected chi connectivity index (χ4v) is 2.78. The monoisotopic (exact) mass is 244 g/mol. The van der Waals surface area contributed by atoms with Crippen LogP contribution in [0.3, 0.4) is 0 Å². The van der Waals surface area contributed by atoms with Crippen molar-refractivity contribution in [1.29, 1.82) is 0 Å². The minimum absolute atomic E-state index is 0.307. The largest absolute Gasteiger partial charge is 0.342 e. The third kappa shape index (κ3) is 4.74. The summed E-state index contributed by atoms with van der Waals surface area (Å²) < 4.78 is 0. The number of piperidine rings is 1. The SMILES string of the molecule is CC1CCN(C(=O)CSCC(C)CN)CC1. The number of hydrogen-bond acceptors (Lipinski definition) is 3. The van der Waals surface area contributed by atoms with Gasteiger partial charge in [-0.2, -0.15) is 11.8 Å². The second kappa shape index (κ2) is 7.17. The summed E-state index contributed by atoms with van der Waals surface area (Å²) in [5.74, 6) is 3.22. The fourth-order valence-electron chi connectivity index (χ4n) is 1.76. The van der Waals surface area contributed by atoms with Crippen molar-refractivity contribution in [2.45, 2.75) is 26.7 Å². The van der Waals surface area contributed by atoms with Gasteiger partial charge in [0.15, 0.2) is 0 Å². The highest BCUT2D eigenvalue weighted by Crippen LogP contribution is 2.17. The summed E-state index contributed by atoms with van der Waals surface area (Å²) in [7, 11) is 0. The highest BCUT2D eigenvalue weighted by Gasteiger charge is 2.19. The smallest absolute Gasteiger partial charge is 0.232 e. The number of carbonyl (C=O) groups excluding carboxylic acids is 1. The first-order chi connectivity index (χ1) is 7.63. The molecular formula is C12H24N2OS. The standard InChI is InChI=1S/C12H24N2OS/c1-10-3-5-14(6-4-10)12(15)9-16-8-11(2)7-13/h10-11H,3-9,13H2,1-2H3. The molecule has 0 radical (unpaired) electrons. The lowest BCUT2D eigenvalue weighted by Crippen LogP contribution is -2.39. The third-order valence-electron chi connectivity index (χ3n) is 3.17.